The maximum Gasteiger partial charge on any atom is 0.251 e. The fraction of sp³-hybridized carbons (Fsp3) is 0.933. The Bertz CT molecular complexity index is 371. The Morgan fingerprint density at radius 1 is 1.23 bits per heavy atom. The van der Waals surface area contributed by atoms with Gasteiger partial charge >= 0.3 is 0 Å². The van der Waals surface area contributed by atoms with Crippen molar-refractivity contribution in [1.29, 1.82) is 0 Å². The van der Waals surface area contributed by atoms with E-state index in [9.17, 15) is 18.7 Å². The molecule has 22 heavy (non-hydrogen) atoms. The second kappa shape index (κ2) is 8.17. The van der Waals surface area contributed by atoms with Crippen LogP contribution in [0.25, 0.3) is 0 Å². The van der Waals surface area contributed by atoms with Crippen LogP contribution in [0.3, 0.4) is 0 Å². The molecule has 2 fully saturated rings. The van der Waals surface area contributed by atoms with Crippen molar-refractivity contribution in [2.24, 2.45) is 0 Å². The summed E-state index contributed by atoms with van der Waals surface area (Å²) < 4.78 is 25.1. The van der Waals surface area contributed by atoms with Crippen LogP contribution in [0.15, 0.2) is 0 Å². The number of hydrogen-bond acceptors (Lipinski definition) is 4. The van der Waals surface area contributed by atoms with Crippen LogP contribution >= 0.6 is 0 Å². The monoisotopic (exact) mass is 319 g/mol. The van der Waals surface area contributed by atoms with Gasteiger partial charge in [-0.25, -0.2) is 8.78 Å². The highest BCUT2D eigenvalue weighted by Gasteiger charge is 2.29. The van der Waals surface area contributed by atoms with Gasteiger partial charge in [0.1, 0.15) is 0 Å². The van der Waals surface area contributed by atoms with Crippen molar-refractivity contribution in [3.63, 3.8) is 0 Å². The number of hydrogen-bond donors (Lipinski definition) is 1. The van der Waals surface area contributed by atoms with Crippen molar-refractivity contribution in [1.82, 2.24) is 14.7 Å². The highest BCUT2D eigenvalue weighted by molar-refractivity contribution is 5.78. The summed E-state index contributed by atoms with van der Waals surface area (Å²) in [5, 5.41) is 10.2. The van der Waals surface area contributed by atoms with Crippen molar-refractivity contribution >= 4 is 5.91 Å². The van der Waals surface area contributed by atoms with Gasteiger partial charge in [0, 0.05) is 51.7 Å². The molecule has 0 aromatic carbocycles. The first-order chi connectivity index (χ1) is 10.5. The molecule has 0 spiro atoms. The number of amides is 1. The van der Waals surface area contributed by atoms with E-state index in [2.05, 4.69) is 4.90 Å². The minimum atomic E-state index is -2.30. The predicted molar refractivity (Wildman–Crippen MR) is 79.9 cm³/mol. The molecule has 0 aromatic heterocycles. The smallest absolute Gasteiger partial charge is 0.251 e. The standard InChI is InChI=1S/C15H27F2N3O2/c1-2-12-8-18(6-7-19(12)11-14(16)17)9-13(21)10-20-5-3-4-15(20)22/h12-14,21H,2-11H2,1H3. The molecule has 0 aliphatic carbocycles. The zero-order valence-electron chi connectivity index (χ0n) is 13.3. The first-order valence-electron chi connectivity index (χ1n) is 8.20. The van der Waals surface area contributed by atoms with Gasteiger partial charge in [0.15, 0.2) is 0 Å². The maximum atomic E-state index is 12.6. The second-order valence-corrected chi connectivity index (χ2v) is 6.30. The fourth-order valence-electron chi connectivity index (χ4n) is 3.44. The van der Waals surface area contributed by atoms with Crippen LogP contribution in [0, 0.1) is 0 Å². The van der Waals surface area contributed by atoms with Crippen molar-refractivity contribution in [3.05, 3.63) is 0 Å². The Balaban J connectivity index is 1.77. The minimum Gasteiger partial charge on any atom is -0.390 e. The highest BCUT2D eigenvalue weighted by atomic mass is 19.3. The second-order valence-electron chi connectivity index (χ2n) is 6.30. The van der Waals surface area contributed by atoms with Gasteiger partial charge in [0.05, 0.1) is 12.6 Å². The van der Waals surface area contributed by atoms with Crippen LogP contribution in [0.2, 0.25) is 0 Å². The van der Waals surface area contributed by atoms with E-state index in [4.69, 9.17) is 0 Å². The summed E-state index contributed by atoms with van der Waals surface area (Å²) in [6.07, 6.45) is -0.593. The quantitative estimate of drug-likeness (QED) is 0.748. The molecular weight excluding hydrogens is 292 g/mol. The van der Waals surface area contributed by atoms with Gasteiger partial charge in [-0.05, 0) is 12.8 Å². The van der Waals surface area contributed by atoms with Gasteiger partial charge in [0.2, 0.25) is 5.91 Å². The molecule has 128 valence electrons. The first-order valence-corrected chi connectivity index (χ1v) is 8.20. The van der Waals surface area contributed by atoms with E-state index in [1.54, 1.807) is 4.90 Å². The lowest BCUT2D eigenvalue weighted by Gasteiger charge is -2.41. The summed E-state index contributed by atoms with van der Waals surface area (Å²) >= 11 is 0. The third kappa shape index (κ3) is 4.86. The summed E-state index contributed by atoms with van der Waals surface area (Å²) in [5.41, 5.74) is 0. The van der Waals surface area contributed by atoms with E-state index < -0.39 is 12.5 Å². The number of alkyl halides is 2. The van der Waals surface area contributed by atoms with Crippen molar-refractivity contribution in [3.8, 4) is 0 Å². The van der Waals surface area contributed by atoms with E-state index in [0.717, 1.165) is 19.4 Å². The first kappa shape index (κ1) is 17.6. The molecule has 0 aromatic rings. The Hall–Kier alpha value is -0.790. The van der Waals surface area contributed by atoms with Crippen LogP contribution in [0.5, 0.6) is 0 Å². The minimum absolute atomic E-state index is 0.114. The van der Waals surface area contributed by atoms with Crippen LogP contribution in [-0.4, -0.2) is 90.1 Å². The lowest BCUT2D eigenvalue weighted by molar-refractivity contribution is -0.129. The van der Waals surface area contributed by atoms with E-state index in [1.165, 1.54) is 0 Å². The van der Waals surface area contributed by atoms with E-state index in [1.807, 2.05) is 11.8 Å². The molecule has 0 bridgehead atoms. The number of aliphatic hydroxyl groups excluding tert-OH is 1. The van der Waals surface area contributed by atoms with Gasteiger partial charge in [-0.1, -0.05) is 6.92 Å². The van der Waals surface area contributed by atoms with Gasteiger partial charge in [-0.2, -0.15) is 0 Å². The summed E-state index contributed by atoms with van der Waals surface area (Å²) in [5.74, 6) is 0.118. The average Bonchev–Trinajstić information content (AvgIpc) is 2.85. The number of nitrogens with zero attached hydrogens (tertiary/aromatic N) is 3. The molecular formula is C15H27F2N3O2. The Kier molecular flexibility index (Phi) is 6.52. The van der Waals surface area contributed by atoms with Crippen LogP contribution in [0.4, 0.5) is 8.78 Å². The largest absolute Gasteiger partial charge is 0.390 e. The molecule has 5 nitrogen and oxygen atoms in total. The molecule has 0 radical (unpaired) electrons. The number of likely N-dealkylation sites (tertiary alicyclic amines) is 1. The molecule has 2 atom stereocenters. The summed E-state index contributed by atoms with van der Waals surface area (Å²) in [6.45, 7) is 5.45. The summed E-state index contributed by atoms with van der Waals surface area (Å²) in [4.78, 5) is 17.3. The van der Waals surface area contributed by atoms with Crippen molar-refractivity contribution in [2.45, 2.75) is 44.8 Å². The van der Waals surface area contributed by atoms with Gasteiger partial charge in [-0.3, -0.25) is 14.6 Å². The van der Waals surface area contributed by atoms with Gasteiger partial charge in [-0.15, -0.1) is 0 Å². The summed E-state index contributed by atoms with van der Waals surface area (Å²) in [6, 6.07) is 0.114. The van der Waals surface area contributed by atoms with Crippen LogP contribution in [0.1, 0.15) is 26.2 Å². The predicted octanol–water partition coefficient (Wildman–Crippen LogP) is 0.631. The Morgan fingerprint density at radius 3 is 2.59 bits per heavy atom. The highest BCUT2D eigenvalue weighted by Crippen LogP contribution is 2.16. The molecule has 2 rings (SSSR count). The SMILES string of the molecule is CCC1CN(CC(O)CN2CCCC2=O)CCN1CC(F)F. The fourth-order valence-corrected chi connectivity index (χ4v) is 3.44. The van der Waals surface area contributed by atoms with Crippen molar-refractivity contribution < 1.29 is 18.7 Å². The number of carbonyl (C=O) groups excluding carboxylic acids is 1. The Morgan fingerprint density at radius 2 is 2.00 bits per heavy atom. The number of halogens is 2. The van der Waals surface area contributed by atoms with E-state index >= 15 is 0 Å². The number of aliphatic hydroxyl groups is 1. The average molecular weight is 319 g/mol. The van der Waals surface area contributed by atoms with Crippen molar-refractivity contribution in [2.75, 3.05) is 45.8 Å². The zero-order chi connectivity index (χ0) is 16.1. The zero-order valence-corrected chi connectivity index (χ0v) is 13.3. The lowest BCUT2D eigenvalue weighted by Crippen LogP contribution is -2.55. The number of carbonyl (C=O) groups is 1. The summed E-state index contributed by atoms with van der Waals surface area (Å²) in [7, 11) is 0. The number of β-amino-alcohol motifs (C(OH)–C–C–N with tert-alkyl or cyclic N) is 1. The molecule has 2 aliphatic rings. The third-order valence-corrected chi connectivity index (χ3v) is 4.60. The molecule has 2 aliphatic heterocycles. The third-order valence-electron chi connectivity index (χ3n) is 4.60. The molecule has 2 saturated heterocycles. The molecule has 0 saturated carbocycles. The molecule has 1 amide bonds. The van der Waals surface area contributed by atoms with E-state index in [0.29, 0.717) is 39.1 Å². The lowest BCUT2D eigenvalue weighted by atomic mass is 10.1. The molecule has 7 heteroatoms. The van der Waals surface area contributed by atoms with Gasteiger partial charge in [0.25, 0.3) is 6.43 Å². The number of piperazine rings is 1. The number of rotatable bonds is 7. The van der Waals surface area contributed by atoms with E-state index in [-0.39, 0.29) is 18.5 Å². The van der Waals surface area contributed by atoms with Crippen LogP contribution < -0.4 is 0 Å². The van der Waals surface area contributed by atoms with Gasteiger partial charge < -0.3 is 10.0 Å². The molecule has 2 heterocycles. The van der Waals surface area contributed by atoms with Crippen LogP contribution in [-0.2, 0) is 4.79 Å². The Labute approximate surface area is 130 Å². The molecule has 2 unspecified atom stereocenters. The maximum absolute atomic E-state index is 12.6. The topological polar surface area (TPSA) is 47.0 Å². The normalized spacial score (nSPS) is 26.1. The molecule has 1 N–H and O–H groups in total.